The van der Waals surface area contributed by atoms with Gasteiger partial charge in [0.25, 0.3) is 0 Å². The summed E-state index contributed by atoms with van der Waals surface area (Å²) in [6.45, 7) is 10.1. The van der Waals surface area contributed by atoms with Crippen molar-refractivity contribution >= 4 is 0 Å². The van der Waals surface area contributed by atoms with Crippen LogP contribution in [0.3, 0.4) is 0 Å². The number of nitrogens with one attached hydrogen (secondary N) is 1. The van der Waals surface area contributed by atoms with Gasteiger partial charge in [-0.05, 0) is 47.8 Å². The molecule has 3 aliphatic carbocycles. The van der Waals surface area contributed by atoms with Crippen LogP contribution in [0, 0.1) is 22.2 Å². The summed E-state index contributed by atoms with van der Waals surface area (Å²) in [6.07, 6.45) is 5.39. The van der Waals surface area contributed by atoms with E-state index in [1.54, 1.807) is 0 Å². The second-order valence-electron chi connectivity index (χ2n) is 9.74. The van der Waals surface area contributed by atoms with Crippen LogP contribution in [0.2, 0.25) is 0 Å². The molecule has 2 nitrogen and oxygen atoms in total. The Bertz CT molecular complexity index is 799. The number of nitrogens with zero attached hydrogens (tertiary/aromatic N) is 1. The minimum Gasteiger partial charge on any atom is -0.281 e. The third-order valence-corrected chi connectivity index (χ3v) is 8.10. The number of fused-ring (bicyclic) bond motifs is 3. The van der Waals surface area contributed by atoms with E-state index in [1.165, 1.54) is 41.8 Å². The second kappa shape index (κ2) is 4.33. The van der Waals surface area contributed by atoms with Gasteiger partial charge in [-0.2, -0.15) is 5.10 Å². The molecule has 5 rings (SSSR count). The molecule has 0 amide bonds. The molecule has 3 unspecified atom stereocenters. The summed E-state index contributed by atoms with van der Waals surface area (Å²) < 4.78 is 0. The topological polar surface area (TPSA) is 28.7 Å². The second-order valence-corrected chi connectivity index (χ2v) is 9.74. The largest absolute Gasteiger partial charge is 0.281 e. The fourth-order valence-corrected chi connectivity index (χ4v) is 6.82. The fraction of sp³-hybridized carbons (Fsp3) is 0.591. The van der Waals surface area contributed by atoms with Gasteiger partial charge in [0.15, 0.2) is 0 Å². The lowest BCUT2D eigenvalue weighted by Crippen LogP contribution is -2.48. The van der Waals surface area contributed by atoms with E-state index in [-0.39, 0.29) is 0 Å². The normalized spacial score (nSPS) is 34.8. The van der Waals surface area contributed by atoms with E-state index in [1.807, 2.05) is 0 Å². The van der Waals surface area contributed by atoms with Crippen LogP contribution in [0.1, 0.15) is 64.1 Å². The third-order valence-electron chi connectivity index (χ3n) is 8.10. The average molecular weight is 320 g/mol. The summed E-state index contributed by atoms with van der Waals surface area (Å²) >= 11 is 0. The number of benzene rings is 1. The predicted octanol–water partition coefficient (Wildman–Crippen LogP) is 5.57. The van der Waals surface area contributed by atoms with Crippen molar-refractivity contribution in [3.63, 3.8) is 0 Å². The van der Waals surface area contributed by atoms with Gasteiger partial charge in [-0.15, -0.1) is 0 Å². The van der Waals surface area contributed by atoms with Gasteiger partial charge in [0.05, 0.1) is 5.69 Å². The van der Waals surface area contributed by atoms with E-state index in [4.69, 9.17) is 5.10 Å². The number of rotatable bonds is 1. The smallest absolute Gasteiger partial charge is 0.0955 e. The molecule has 0 aliphatic heterocycles. The van der Waals surface area contributed by atoms with Crippen molar-refractivity contribution in [3.05, 3.63) is 41.6 Å². The zero-order valence-electron chi connectivity index (χ0n) is 15.3. The number of hydrogen-bond donors (Lipinski definition) is 1. The molecule has 1 heterocycles. The standard InChI is InChI=1S/C22H28N2/c1-20(2)13-16-17(14-8-6-5-7-9-14)23-24-18(16)19-21(3,4)15-10-11-22(19,20)12-15/h5-9,15,19H,10-13H2,1-4H3,(H,23,24). The lowest BCUT2D eigenvalue weighted by Gasteiger charge is -2.55. The first kappa shape index (κ1) is 14.7. The van der Waals surface area contributed by atoms with Crippen molar-refractivity contribution in [2.45, 2.75) is 59.3 Å². The molecular weight excluding hydrogens is 292 g/mol. The van der Waals surface area contributed by atoms with Crippen LogP contribution >= 0.6 is 0 Å². The Hall–Kier alpha value is -1.57. The van der Waals surface area contributed by atoms with Gasteiger partial charge >= 0.3 is 0 Å². The summed E-state index contributed by atoms with van der Waals surface area (Å²) in [5.41, 5.74) is 6.58. The molecule has 0 radical (unpaired) electrons. The molecule has 2 bridgehead atoms. The molecule has 24 heavy (non-hydrogen) atoms. The van der Waals surface area contributed by atoms with E-state index in [0.717, 1.165) is 12.3 Å². The monoisotopic (exact) mass is 320 g/mol. The molecule has 2 heteroatoms. The number of H-pyrrole nitrogens is 1. The Morgan fingerprint density at radius 1 is 1.08 bits per heavy atom. The number of aromatic amines is 1. The zero-order valence-corrected chi connectivity index (χ0v) is 15.3. The molecule has 0 saturated heterocycles. The first-order valence-electron chi connectivity index (χ1n) is 9.49. The third kappa shape index (κ3) is 1.55. The van der Waals surface area contributed by atoms with E-state index in [2.05, 4.69) is 63.1 Å². The number of aromatic nitrogens is 2. The molecule has 1 N–H and O–H groups in total. The van der Waals surface area contributed by atoms with E-state index >= 15 is 0 Å². The highest BCUT2D eigenvalue weighted by atomic mass is 15.1. The molecule has 2 fully saturated rings. The van der Waals surface area contributed by atoms with Crippen LogP contribution in [0.25, 0.3) is 11.3 Å². The van der Waals surface area contributed by atoms with Gasteiger partial charge in [0.1, 0.15) is 0 Å². The fourth-order valence-electron chi connectivity index (χ4n) is 6.82. The van der Waals surface area contributed by atoms with Crippen LogP contribution < -0.4 is 0 Å². The van der Waals surface area contributed by atoms with Crippen LogP contribution in [0.4, 0.5) is 0 Å². The molecule has 3 atom stereocenters. The predicted molar refractivity (Wildman–Crippen MR) is 97.8 cm³/mol. The van der Waals surface area contributed by atoms with E-state index in [0.29, 0.717) is 22.2 Å². The summed E-state index contributed by atoms with van der Waals surface area (Å²) in [5.74, 6) is 1.50. The van der Waals surface area contributed by atoms with Crippen LogP contribution in [0.15, 0.2) is 30.3 Å². The molecule has 1 spiro atoms. The highest BCUT2D eigenvalue weighted by Crippen LogP contribution is 2.77. The molecule has 2 saturated carbocycles. The summed E-state index contributed by atoms with van der Waals surface area (Å²) in [7, 11) is 0. The minimum absolute atomic E-state index is 0.348. The average Bonchev–Trinajstić information content (AvgIpc) is 3.19. The Morgan fingerprint density at radius 2 is 1.83 bits per heavy atom. The maximum atomic E-state index is 4.81. The van der Waals surface area contributed by atoms with Crippen molar-refractivity contribution in [2.24, 2.45) is 22.2 Å². The van der Waals surface area contributed by atoms with Crippen molar-refractivity contribution in [2.75, 3.05) is 0 Å². The SMILES string of the molecule is CC1(C)C2CCC3(C2)C1c1[nH]nc(-c2ccccc2)c1CC3(C)C. The summed E-state index contributed by atoms with van der Waals surface area (Å²) in [4.78, 5) is 0. The molecule has 1 aromatic heterocycles. The van der Waals surface area contributed by atoms with Crippen molar-refractivity contribution in [3.8, 4) is 11.3 Å². The molecular formula is C22H28N2. The van der Waals surface area contributed by atoms with Crippen LogP contribution in [-0.2, 0) is 6.42 Å². The van der Waals surface area contributed by atoms with Gasteiger partial charge < -0.3 is 0 Å². The molecule has 126 valence electrons. The maximum Gasteiger partial charge on any atom is 0.0955 e. The van der Waals surface area contributed by atoms with Gasteiger partial charge in [-0.1, -0.05) is 58.0 Å². The lowest BCUT2D eigenvalue weighted by molar-refractivity contribution is 0.00350. The van der Waals surface area contributed by atoms with Gasteiger partial charge in [-0.25, -0.2) is 0 Å². The minimum atomic E-state index is 0.348. The Kier molecular flexibility index (Phi) is 2.66. The van der Waals surface area contributed by atoms with Crippen LogP contribution in [-0.4, -0.2) is 10.2 Å². The Morgan fingerprint density at radius 3 is 2.58 bits per heavy atom. The summed E-state index contributed by atoms with van der Waals surface area (Å²) in [5, 5.41) is 8.33. The molecule has 2 aromatic rings. The molecule has 3 aliphatic rings. The highest BCUT2D eigenvalue weighted by molar-refractivity contribution is 5.65. The Labute approximate surface area is 145 Å². The van der Waals surface area contributed by atoms with E-state index < -0.39 is 0 Å². The van der Waals surface area contributed by atoms with Crippen molar-refractivity contribution in [1.29, 1.82) is 0 Å². The van der Waals surface area contributed by atoms with Gasteiger partial charge in [0.2, 0.25) is 0 Å². The van der Waals surface area contributed by atoms with Gasteiger partial charge in [-0.3, -0.25) is 5.10 Å². The Balaban J connectivity index is 1.73. The van der Waals surface area contributed by atoms with Crippen LogP contribution in [0.5, 0.6) is 0 Å². The zero-order chi connectivity index (χ0) is 16.7. The van der Waals surface area contributed by atoms with E-state index in [9.17, 15) is 0 Å². The summed E-state index contributed by atoms with van der Waals surface area (Å²) in [6, 6.07) is 10.7. The molecule has 1 aromatic carbocycles. The first-order valence-corrected chi connectivity index (χ1v) is 9.49. The lowest BCUT2D eigenvalue weighted by atomic mass is 9.49. The van der Waals surface area contributed by atoms with Crippen molar-refractivity contribution < 1.29 is 0 Å². The highest BCUT2D eigenvalue weighted by Gasteiger charge is 2.69. The quantitative estimate of drug-likeness (QED) is 0.731. The van der Waals surface area contributed by atoms with Crippen molar-refractivity contribution in [1.82, 2.24) is 10.2 Å². The first-order chi connectivity index (χ1) is 11.4. The number of hydrogen-bond acceptors (Lipinski definition) is 1. The van der Waals surface area contributed by atoms with Gasteiger partial charge in [0, 0.05) is 22.7 Å². The maximum absolute atomic E-state index is 4.81.